The lowest BCUT2D eigenvalue weighted by molar-refractivity contribution is 0.355. The van der Waals surface area contributed by atoms with Gasteiger partial charge in [-0.05, 0) is 47.9 Å². The predicted molar refractivity (Wildman–Crippen MR) is 99.5 cm³/mol. The van der Waals surface area contributed by atoms with Crippen LogP contribution in [0.2, 0.25) is 0 Å². The summed E-state index contributed by atoms with van der Waals surface area (Å²) in [6.45, 7) is 0. The number of hydrogen-bond acceptors (Lipinski definition) is 4. The number of hydrogen-bond donors (Lipinski definition) is 1. The van der Waals surface area contributed by atoms with E-state index in [1.165, 1.54) is 0 Å². The summed E-state index contributed by atoms with van der Waals surface area (Å²) in [5.41, 5.74) is 2.65. The van der Waals surface area contributed by atoms with Crippen molar-refractivity contribution in [1.82, 2.24) is 4.98 Å². The monoisotopic (exact) mass is 331 g/mol. The molecule has 4 nitrogen and oxygen atoms in total. The van der Waals surface area contributed by atoms with Crippen molar-refractivity contribution in [3.8, 4) is 28.5 Å². The van der Waals surface area contributed by atoms with Crippen LogP contribution in [0.3, 0.4) is 0 Å². The third kappa shape index (κ3) is 2.52. The van der Waals surface area contributed by atoms with Crippen molar-refractivity contribution in [1.29, 1.82) is 0 Å². The molecule has 0 atom stereocenters. The van der Waals surface area contributed by atoms with E-state index in [2.05, 4.69) is 0 Å². The molecule has 0 aliphatic carbocycles. The Bertz CT molecular complexity index is 1090. The molecule has 0 radical (unpaired) electrons. The number of rotatable bonds is 3. The normalized spacial score (nSPS) is 11.0. The second kappa shape index (κ2) is 5.98. The number of pyridine rings is 1. The zero-order valence-electron chi connectivity index (χ0n) is 14.0. The van der Waals surface area contributed by atoms with E-state index >= 15 is 0 Å². The van der Waals surface area contributed by atoms with Crippen LogP contribution in [0.5, 0.6) is 17.2 Å². The molecular formula is C21H17NO3. The van der Waals surface area contributed by atoms with Crippen molar-refractivity contribution in [3.05, 3.63) is 60.7 Å². The molecular weight excluding hydrogens is 314 g/mol. The number of phenols is 1. The van der Waals surface area contributed by atoms with Crippen LogP contribution in [0.15, 0.2) is 60.7 Å². The fourth-order valence-electron chi connectivity index (χ4n) is 3.14. The maximum absolute atomic E-state index is 9.94. The molecule has 25 heavy (non-hydrogen) atoms. The van der Waals surface area contributed by atoms with E-state index < -0.39 is 0 Å². The number of phenolic OH excluding ortho intramolecular Hbond substituents is 1. The van der Waals surface area contributed by atoms with Crippen molar-refractivity contribution < 1.29 is 14.6 Å². The summed E-state index contributed by atoms with van der Waals surface area (Å²) in [5, 5.41) is 12.9. The highest BCUT2D eigenvalue weighted by Gasteiger charge is 2.13. The summed E-state index contributed by atoms with van der Waals surface area (Å²) in [6.07, 6.45) is 0. The Hall–Kier alpha value is -3.27. The summed E-state index contributed by atoms with van der Waals surface area (Å²) < 4.78 is 10.7. The number of methoxy groups -OCH3 is 2. The maximum atomic E-state index is 9.94. The number of nitrogens with zero attached hydrogens (tertiary/aromatic N) is 1. The summed E-state index contributed by atoms with van der Waals surface area (Å²) in [5.74, 6) is 1.57. The van der Waals surface area contributed by atoms with Gasteiger partial charge in [0.15, 0.2) is 11.5 Å². The van der Waals surface area contributed by atoms with Crippen molar-refractivity contribution in [2.24, 2.45) is 0 Å². The Kier molecular flexibility index (Phi) is 3.65. The number of aromatic hydroxyl groups is 1. The van der Waals surface area contributed by atoms with Crippen LogP contribution in [0.1, 0.15) is 0 Å². The lowest BCUT2D eigenvalue weighted by atomic mass is 9.99. The van der Waals surface area contributed by atoms with Crippen molar-refractivity contribution >= 4 is 21.7 Å². The molecule has 0 aliphatic heterocycles. The molecule has 0 fully saturated rings. The Morgan fingerprint density at radius 1 is 0.760 bits per heavy atom. The molecule has 0 amide bonds. The Balaban J connectivity index is 2.07. The van der Waals surface area contributed by atoms with E-state index in [1.54, 1.807) is 26.4 Å². The largest absolute Gasteiger partial charge is 0.508 e. The van der Waals surface area contributed by atoms with Crippen molar-refractivity contribution in [3.63, 3.8) is 0 Å². The minimum absolute atomic E-state index is 0.238. The fourth-order valence-corrected chi connectivity index (χ4v) is 3.14. The van der Waals surface area contributed by atoms with Crippen LogP contribution >= 0.6 is 0 Å². The number of benzene rings is 3. The van der Waals surface area contributed by atoms with Gasteiger partial charge in [0.05, 0.1) is 25.4 Å². The van der Waals surface area contributed by atoms with Crippen molar-refractivity contribution in [2.75, 3.05) is 14.2 Å². The first kappa shape index (κ1) is 15.3. The summed E-state index contributed by atoms with van der Waals surface area (Å²) in [6, 6.07) is 19.0. The van der Waals surface area contributed by atoms with Crippen LogP contribution in [0.25, 0.3) is 32.9 Å². The van der Waals surface area contributed by atoms with E-state index in [1.807, 2.05) is 48.5 Å². The first-order valence-electron chi connectivity index (χ1n) is 7.95. The molecule has 0 bridgehead atoms. The Morgan fingerprint density at radius 3 is 2.36 bits per heavy atom. The summed E-state index contributed by atoms with van der Waals surface area (Å²) in [4.78, 5) is 4.86. The van der Waals surface area contributed by atoms with Gasteiger partial charge >= 0.3 is 0 Å². The van der Waals surface area contributed by atoms with Gasteiger partial charge in [0.1, 0.15) is 5.75 Å². The molecule has 4 rings (SSSR count). The zero-order chi connectivity index (χ0) is 17.4. The second-order valence-electron chi connectivity index (χ2n) is 5.78. The van der Waals surface area contributed by atoms with Gasteiger partial charge in [0.2, 0.25) is 0 Å². The maximum Gasteiger partial charge on any atom is 0.161 e. The van der Waals surface area contributed by atoms with Crippen LogP contribution in [-0.2, 0) is 0 Å². The summed E-state index contributed by atoms with van der Waals surface area (Å²) >= 11 is 0. The van der Waals surface area contributed by atoms with Gasteiger partial charge in [-0.15, -0.1) is 0 Å². The van der Waals surface area contributed by atoms with Crippen LogP contribution < -0.4 is 9.47 Å². The van der Waals surface area contributed by atoms with Gasteiger partial charge in [-0.2, -0.15) is 0 Å². The molecule has 1 heterocycles. The average molecular weight is 331 g/mol. The molecule has 4 aromatic rings. The molecule has 0 saturated carbocycles. The lowest BCUT2D eigenvalue weighted by Gasteiger charge is -2.13. The molecule has 4 heteroatoms. The number of aromatic nitrogens is 1. The third-order valence-corrected chi connectivity index (χ3v) is 4.34. The molecule has 1 N–H and O–H groups in total. The quantitative estimate of drug-likeness (QED) is 0.549. The topological polar surface area (TPSA) is 51.6 Å². The van der Waals surface area contributed by atoms with E-state index in [0.717, 1.165) is 32.9 Å². The van der Waals surface area contributed by atoms with E-state index in [-0.39, 0.29) is 5.75 Å². The van der Waals surface area contributed by atoms with Crippen LogP contribution in [0.4, 0.5) is 0 Å². The number of para-hydroxylation sites is 1. The van der Waals surface area contributed by atoms with Gasteiger partial charge in [-0.3, -0.25) is 0 Å². The smallest absolute Gasteiger partial charge is 0.161 e. The first-order chi connectivity index (χ1) is 12.2. The Morgan fingerprint density at radius 2 is 1.56 bits per heavy atom. The highest BCUT2D eigenvalue weighted by atomic mass is 16.5. The molecule has 0 spiro atoms. The fraction of sp³-hybridized carbons (Fsp3) is 0.0952. The standard InChI is InChI=1S/C21H17NO3/c1-24-19-10-7-13(11-20(19)25-2)21-16-9-8-14(23)12-17(16)15-5-3-4-6-18(15)22-21/h3-12,23H,1-2H3. The first-order valence-corrected chi connectivity index (χ1v) is 7.95. The minimum Gasteiger partial charge on any atom is -0.508 e. The molecule has 0 aliphatic rings. The van der Waals surface area contributed by atoms with Gasteiger partial charge in [-0.25, -0.2) is 4.98 Å². The molecule has 3 aromatic carbocycles. The van der Waals surface area contributed by atoms with E-state index in [9.17, 15) is 5.11 Å². The molecule has 1 aromatic heterocycles. The Labute approximate surface area is 145 Å². The number of ether oxygens (including phenoxy) is 2. The van der Waals surface area contributed by atoms with Gasteiger partial charge in [0, 0.05) is 16.3 Å². The van der Waals surface area contributed by atoms with Crippen LogP contribution in [0, 0.1) is 0 Å². The van der Waals surface area contributed by atoms with E-state index in [4.69, 9.17) is 14.5 Å². The SMILES string of the molecule is COc1ccc(-c2nc3ccccc3c3cc(O)ccc23)cc1OC. The lowest BCUT2D eigenvalue weighted by Crippen LogP contribution is -1.93. The highest BCUT2D eigenvalue weighted by Crippen LogP contribution is 2.37. The highest BCUT2D eigenvalue weighted by molar-refractivity contribution is 6.11. The minimum atomic E-state index is 0.238. The number of fused-ring (bicyclic) bond motifs is 3. The predicted octanol–water partition coefficient (Wildman–Crippen LogP) is 4.78. The molecule has 0 saturated heterocycles. The van der Waals surface area contributed by atoms with Crippen molar-refractivity contribution in [2.45, 2.75) is 0 Å². The summed E-state index contributed by atoms with van der Waals surface area (Å²) in [7, 11) is 3.23. The average Bonchev–Trinajstić information content (AvgIpc) is 2.66. The molecule has 124 valence electrons. The third-order valence-electron chi connectivity index (χ3n) is 4.34. The van der Waals surface area contributed by atoms with Gasteiger partial charge < -0.3 is 14.6 Å². The second-order valence-corrected chi connectivity index (χ2v) is 5.78. The zero-order valence-corrected chi connectivity index (χ0v) is 14.0. The van der Waals surface area contributed by atoms with Gasteiger partial charge in [0.25, 0.3) is 0 Å². The molecule has 0 unspecified atom stereocenters. The van der Waals surface area contributed by atoms with E-state index in [0.29, 0.717) is 11.5 Å². The van der Waals surface area contributed by atoms with Gasteiger partial charge in [-0.1, -0.05) is 18.2 Å². The van der Waals surface area contributed by atoms with Crippen LogP contribution in [-0.4, -0.2) is 24.3 Å².